The fraction of sp³-hybridized carbons (Fsp3) is 0.654. The molecule has 3 amide bonds. The molecule has 192 valence electrons. The molecule has 0 aliphatic rings. The summed E-state index contributed by atoms with van der Waals surface area (Å²) in [5.41, 5.74) is 1.99. The fourth-order valence-corrected chi connectivity index (χ4v) is 4.06. The van der Waals surface area contributed by atoms with Crippen molar-refractivity contribution in [1.29, 1.82) is 0 Å². The molecular formula is C26H43N3O4S. The highest BCUT2D eigenvalue weighted by Crippen LogP contribution is 2.29. The normalized spacial score (nSPS) is 13.1. The zero-order valence-electron chi connectivity index (χ0n) is 21.9. The van der Waals surface area contributed by atoms with Gasteiger partial charge in [-0.2, -0.15) is 12.6 Å². The number of alkyl carbamates (subject to hydrolysis) is 1. The summed E-state index contributed by atoms with van der Waals surface area (Å²) < 4.78 is 5.33. The van der Waals surface area contributed by atoms with Crippen molar-refractivity contribution in [3.8, 4) is 0 Å². The first-order chi connectivity index (χ1) is 16.0. The first kappa shape index (κ1) is 29.8. The molecule has 0 aliphatic carbocycles. The molecule has 0 fully saturated rings. The Kier molecular flexibility index (Phi) is 12.5. The highest BCUT2D eigenvalue weighted by atomic mass is 32.1. The van der Waals surface area contributed by atoms with Gasteiger partial charge in [-0.1, -0.05) is 44.9 Å². The minimum atomic E-state index is -0.926. The number of benzene rings is 1. The van der Waals surface area contributed by atoms with E-state index in [0.29, 0.717) is 19.5 Å². The zero-order chi connectivity index (χ0) is 25.9. The lowest BCUT2D eigenvalue weighted by Gasteiger charge is -2.35. The molecule has 0 spiro atoms. The van der Waals surface area contributed by atoms with Crippen molar-refractivity contribution in [2.24, 2.45) is 0 Å². The Balaban J connectivity index is 3.35. The molecule has 2 unspecified atom stereocenters. The van der Waals surface area contributed by atoms with Crippen molar-refractivity contribution in [3.63, 3.8) is 0 Å². The van der Waals surface area contributed by atoms with Gasteiger partial charge in [0.2, 0.25) is 11.8 Å². The van der Waals surface area contributed by atoms with Crippen molar-refractivity contribution in [3.05, 3.63) is 34.9 Å². The Morgan fingerprint density at radius 1 is 1.06 bits per heavy atom. The average Bonchev–Trinajstić information content (AvgIpc) is 2.74. The molecule has 0 bridgehead atoms. The van der Waals surface area contributed by atoms with Crippen LogP contribution in [0, 0.1) is 13.8 Å². The summed E-state index contributed by atoms with van der Waals surface area (Å²) in [4.78, 5) is 41.2. The topological polar surface area (TPSA) is 87.7 Å². The van der Waals surface area contributed by atoms with Crippen LogP contribution in [0.15, 0.2) is 18.2 Å². The number of unbranched alkanes of at least 4 members (excludes halogenated alkanes) is 2. The second kappa shape index (κ2) is 14.2. The minimum Gasteiger partial charge on any atom is -0.444 e. The van der Waals surface area contributed by atoms with E-state index in [2.05, 4.69) is 30.2 Å². The number of nitrogens with zero attached hydrogens (tertiary/aromatic N) is 1. The van der Waals surface area contributed by atoms with Crippen LogP contribution in [0.5, 0.6) is 0 Å². The molecule has 0 heterocycles. The summed E-state index contributed by atoms with van der Waals surface area (Å²) in [6, 6.07) is 4.10. The van der Waals surface area contributed by atoms with Crippen molar-refractivity contribution < 1.29 is 19.1 Å². The van der Waals surface area contributed by atoms with E-state index in [9.17, 15) is 14.4 Å². The zero-order valence-corrected chi connectivity index (χ0v) is 22.8. The number of amides is 3. The SMILES string of the molecule is CCCCCNC(=O)C(c1c(C)cccc1C)N(CCC)C(=O)C(CS)NC(=O)OC(C)(C)C. The Morgan fingerprint density at radius 2 is 1.68 bits per heavy atom. The van der Waals surface area contributed by atoms with Gasteiger partial charge >= 0.3 is 6.09 Å². The van der Waals surface area contributed by atoms with E-state index in [1.807, 2.05) is 39.0 Å². The largest absolute Gasteiger partial charge is 0.444 e. The third-order valence-corrected chi connectivity index (χ3v) is 5.74. The fourth-order valence-electron chi connectivity index (χ4n) is 3.81. The maximum Gasteiger partial charge on any atom is 0.408 e. The quantitative estimate of drug-likeness (QED) is 0.291. The maximum absolute atomic E-state index is 13.7. The molecule has 1 rings (SSSR count). The Hall–Kier alpha value is -2.22. The Bertz CT molecular complexity index is 803. The first-order valence-corrected chi connectivity index (χ1v) is 12.8. The van der Waals surface area contributed by atoms with Crippen LogP contribution in [-0.2, 0) is 14.3 Å². The molecule has 34 heavy (non-hydrogen) atoms. The average molecular weight is 494 g/mol. The van der Waals surface area contributed by atoms with E-state index in [1.54, 1.807) is 25.7 Å². The second-order valence-corrected chi connectivity index (χ2v) is 9.98. The van der Waals surface area contributed by atoms with Gasteiger partial charge in [0.15, 0.2) is 0 Å². The number of nitrogens with one attached hydrogen (secondary N) is 2. The van der Waals surface area contributed by atoms with Gasteiger partial charge in [0.05, 0.1) is 0 Å². The van der Waals surface area contributed by atoms with E-state index in [1.165, 1.54) is 0 Å². The lowest BCUT2D eigenvalue weighted by molar-refractivity contribution is -0.142. The van der Waals surface area contributed by atoms with E-state index < -0.39 is 23.8 Å². The predicted molar refractivity (Wildman–Crippen MR) is 140 cm³/mol. The summed E-state index contributed by atoms with van der Waals surface area (Å²) in [5.74, 6) is -0.500. The summed E-state index contributed by atoms with van der Waals surface area (Å²) in [6.07, 6.45) is 2.92. The Morgan fingerprint density at radius 3 is 2.18 bits per heavy atom. The van der Waals surface area contributed by atoms with Gasteiger partial charge in [-0.3, -0.25) is 9.59 Å². The smallest absolute Gasteiger partial charge is 0.408 e. The van der Waals surface area contributed by atoms with Crippen LogP contribution in [0.4, 0.5) is 4.79 Å². The van der Waals surface area contributed by atoms with E-state index >= 15 is 0 Å². The number of carbonyl (C=O) groups excluding carboxylic acids is 3. The van der Waals surface area contributed by atoms with Gasteiger partial charge in [0, 0.05) is 18.8 Å². The standard InChI is InChI=1S/C26H43N3O4S/c1-8-10-11-15-27-23(30)22(21-18(3)13-12-14-19(21)4)29(16-9-2)24(31)20(17-34)28-25(32)33-26(5,6)7/h12-14,20,22,34H,8-11,15-17H2,1-7H3,(H,27,30)(H,28,32). The molecule has 1 aromatic rings. The monoisotopic (exact) mass is 493 g/mol. The molecule has 0 aliphatic heterocycles. The lowest BCUT2D eigenvalue weighted by atomic mass is 9.93. The summed E-state index contributed by atoms with van der Waals surface area (Å²) in [5, 5.41) is 5.66. The van der Waals surface area contributed by atoms with Gasteiger partial charge in [-0.15, -0.1) is 0 Å². The number of hydrogen-bond acceptors (Lipinski definition) is 5. The molecule has 7 nitrogen and oxygen atoms in total. The van der Waals surface area contributed by atoms with Gasteiger partial charge in [0.1, 0.15) is 17.7 Å². The molecule has 1 aromatic carbocycles. The van der Waals surface area contributed by atoms with Crippen LogP contribution in [0.25, 0.3) is 0 Å². The van der Waals surface area contributed by atoms with Crippen LogP contribution in [-0.4, -0.2) is 53.3 Å². The highest BCUT2D eigenvalue weighted by Gasteiger charge is 2.36. The molecule has 8 heteroatoms. The molecular weight excluding hydrogens is 450 g/mol. The summed E-state index contributed by atoms with van der Waals surface area (Å²) in [7, 11) is 0. The van der Waals surface area contributed by atoms with Crippen LogP contribution in [0.2, 0.25) is 0 Å². The van der Waals surface area contributed by atoms with Gasteiger partial charge in [0.25, 0.3) is 0 Å². The number of thiol groups is 1. The van der Waals surface area contributed by atoms with Crippen molar-refractivity contribution in [1.82, 2.24) is 15.5 Å². The van der Waals surface area contributed by atoms with Gasteiger partial charge < -0.3 is 20.3 Å². The first-order valence-electron chi connectivity index (χ1n) is 12.2. The van der Waals surface area contributed by atoms with E-state index in [-0.39, 0.29) is 17.6 Å². The number of aryl methyl sites for hydroxylation is 2. The second-order valence-electron chi connectivity index (χ2n) is 9.62. The third kappa shape index (κ3) is 9.20. The van der Waals surface area contributed by atoms with Crippen molar-refractivity contribution in [2.75, 3.05) is 18.8 Å². The predicted octanol–water partition coefficient (Wildman–Crippen LogP) is 4.71. The van der Waals surface area contributed by atoms with Crippen LogP contribution < -0.4 is 10.6 Å². The van der Waals surface area contributed by atoms with E-state index in [4.69, 9.17) is 4.74 Å². The third-order valence-electron chi connectivity index (χ3n) is 5.37. The molecule has 0 radical (unpaired) electrons. The molecule has 0 saturated heterocycles. The minimum absolute atomic E-state index is 0.0792. The van der Waals surface area contributed by atoms with Crippen LogP contribution in [0.1, 0.15) is 83.0 Å². The van der Waals surface area contributed by atoms with Crippen molar-refractivity contribution >= 4 is 30.5 Å². The number of ether oxygens (including phenoxy) is 1. The summed E-state index contributed by atoms with van der Waals surface area (Å²) in [6.45, 7) is 14.1. The molecule has 2 N–H and O–H groups in total. The summed E-state index contributed by atoms with van der Waals surface area (Å²) >= 11 is 4.31. The van der Waals surface area contributed by atoms with Crippen molar-refractivity contribution in [2.45, 2.75) is 91.8 Å². The number of hydrogen-bond donors (Lipinski definition) is 3. The number of rotatable bonds is 12. The van der Waals surface area contributed by atoms with Gasteiger partial charge in [-0.05, 0) is 64.2 Å². The molecule has 2 atom stereocenters. The highest BCUT2D eigenvalue weighted by molar-refractivity contribution is 7.80. The van der Waals surface area contributed by atoms with Crippen LogP contribution in [0.3, 0.4) is 0 Å². The Labute approximate surface area is 210 Å². The van der Waals surface area contributed by atoms with Gasteiger partial charge in [-0.25, -0.2) is 4.79 Å². The maximum atomic E-state index is 13.7. The van der Waals surface area contributed by atoms with Crippen LogP contribution >= 0.6 is 12.6 Å². The molecule has 0 aromatic heterocycles. The molecule has 0 saturated carbocycles. The van der Waals surface area contributed by atoms with E-state index in [0.717, 1.165) is 36.0 Å². The number of carbonyl (C=O) groups is 3. The lowest BCUT2D eigenvalue weighted by Crippen LogP contribution is -2.54.